The summed E-state index contributed by atoms with van der Waals surface area (Å²) in [5.41, 5.74) is 0.00563. The molecule has 1 aromatic carbocycles. The third kappa shape index (κ3) is 4.69. The molecule has 8 heteroatoms. The van der Waals surface area contributed by atoms with E-state index in [4.69, 9.17) is 0 Å². The number of hydrogen-bond acceptors (Lipinski definition) is 4. The van der Waals surface area contributed by atoms with Crippen LogP contribution in [0.3, 0.4) is 0 Å². The number of nitrogens with one attached hydrogen (secondary N) is 1. The second kappa shape index (κ2) is 8.49. The standard InChI is InChI=1S/C23H24F3N3OS/c1-14-7-12-20(31-14)22(30)27-15-8-10-16(11-9-15)29(2)19-13-21(23(24,25)26)28-18-6-4-3-5-17(18)19/h3-7,12-13,15-16H,8-11H2,1-2H3,(H,27,30). The van der Waals surface area contributed by atoms with Crippen LogP contribution < -0.4 is 10.2 Å². The number of carbonyl (C=O) groups is 1. The lowest BCUT2D eigenvalue weighted by Crippen LogP contribution is -2.42. The fourth-order valence-electron chi connectivity index (χ4n) is 4.21. The van der Waals surface area contributed by atoms with Crippen LogP contribution in [0.25, 0.3) is 10.9 Å². The molecule has 0 radical (unpaired) electrons. The molecule has 0 unspecified atom stereocenters. The van der Waals surface area contributed by atoms with Crippen LogP contribution in [0.1, 0.15) is 45.9 Å². The molecule has 1 saturated carbocycles. The zero-order valence-corrected chi connectivity index (χ0v) is 18.2. The Labute approximate surface area is 183 Å². The average Bonchev–Trinajstić information content (AvgIpc) is 3.19. The summed E-state index contributed by atoms with van der Waals surface area (Å²) in [5.74, 6) is -0.0511. The van der Waals surface area contributed by atoms with Crippen LogP contribution >= 0.6 is 11.3 Å². The monoisotopic (exact) mass is 447 g/mol. The van der Waals surface area contributed by atoms with Crippen molar-refractivity contribution in [2.75, 3.05) is 11.9 Å². The van der Waals surface area contributed by atoms with Gasteiger partial charge in [0.2, 0.25) is 0 Å². The normalized spacial score (nSPS) is 19.4. The van der Waals surface area contributed by atoms with E-state index in [0.29, 0.717) is 21.5 Å². The summed E-state index contributed by atoms with van der Waals surface area (Å²) in [6.07, 6.45) is -1.33. The molecule has 31 heavy (non-hydrogen) atoms. The summed E-state index contributed by atoms with van der Waals surface area (Å²) in [4.78, 5) is 20.0. The van der Waals surface area contributed by atoms with Crippen LogP contribution in [0.5, 0.6) is 0 Å². The number of thiophene rings is 1. The molecule has 0 spiro atoms. The molecular weight excluding hydrogens is 423 g/mol. The number of aromatic nitrogens is 1. The first-order valence-corrected chi connectivity index (χ1v) is 11.1. The van der Waals surface area contributed by atoms with E-state index in [9.17, 15) is 18.0 Å². The first kappa shape index (κ1) is 21.6. The van der Waals surface area contributed by atoms with Crippen molar-refractivity contribution < 1.29 is 18.0 Å². The van der Waals surface area contributed by atoms with Crippen molar-refractivity contribution in [1.29, 1.82) is 0 Å². The Bertz CT molecular complexity index is 1090. The molecule has 2 heterocycles. The predicted octanol–water partition coefficient (Wildman–Crippen LogP) is 5.80. The van der Waals surface area contributed by atoms with Gasteiger partial charge < -0.3 is 10.2 Å². The third-order valence-electron chi connectivity index (χ3n) is 5.91. The lowest BCUT2D eigenvalue weighted by atomic mass is 9.89. The maximum atomic E-state index is 13.4. The summed E-state index contributed by atoms with van der Waals surface area (Å²) in [6, 6.07) is 12.0. The second-order valence-corrected chi connectivity index (χ2v) is 9.33. The van der Waals surface area contributed by atoms with Gasteiger partial charge in [-0.15, -0.1) is 11.3 Å². The molecule has 4 rings (SSSR count). The molecule has 1 amide bonds. The van der Waals surface area contributed by atoms with Crippen LogP contribution in [-0.4, -0.2) is 30.0 Å². The number of benzene rings is 1. The van der Waals surface area contributed by atoms with E-state index in [1.54, 1.807) is 12.1 Å². The summed E-state index contributed by atoms with van der Waals surface area (Å²) >= 11 is 1.47. The lowest BCUT2D eigenvalue weighted by Gasteiger charge is -2.36. The summed E-state index contributed by atoms with van der Waals surface area (Å²) in [6.45, 7) is 1.97. The zero-order valence-electron chi connectivity index (χ0n) is 17.4. The molecule has 3 aromatic rings. The maximum Gasteiger partial charge on any atom is 0.433 e. The third-order valence-corrected chi connectivity index (χ3v) is 6.91. The van der Waals surface area contributed by atoms with Crippen molar-refractivity contribution >= 4 is 33.8 Å². The van der Waals surface area contributed by atoms with Crippen LogP contribution in [0, 0.1) is 6.92 Å². The van der Waals surface area contributed by atoms with Crippen molar-refractivity contribution in [2.24, 2.45) is 0 Å². The van der Waals surface area contributed by atoms with E-state index in [1.807, 2.05) is 43.1 Å². The van der Waals surface area contributed by atoms with Gasteiger partial charge in [-0.1, -0.05) is 18.2 Å². The molecule has 0 atom stereocenters. The first-order chi connectivity index (χ1) is 14.7. The van der Waals surface area contributed by atoms with E-state index >= 15 is 0 Å². The van der Waals surface area contributed by atoms with Crippen LogP contribution in [-0.2, 0) is 6.18 Å². The highest BCUT2D eigenvalue weighted by molar-refractivity contribution is 7.13. The Hall–Kier alpha value is -2.61. The minimum atomic E-state index is -4.50. The number of para-hydroxylation sites is 1. The van der Waals surface area contributed by atoms with E-state index in [0.717, 1.165) is 36.6 Å². The molecule has 2 aromatic heterocycles. The zero-order chi connectivity index (χ0) is 22.2. The van der Waals surface area contributed by atoms with Gasteiger partial charge in [0.05, 0.1) is 10.4 Å². The van der Waals surface area contributed by atoms with Gasteiger partial charge in [0.15, 0.2) is 0 Å². The van der Waals surface area contributed by atoms with Gasteiger partial charge in [-0.3, -0.25) is 4.79 Å². The Kier molecular flexibility index (Phi) is 5.92. The average molecular weight is 448 g/mol. The molecule has 4 nitrogen and oxygen atoms in total. The van der Waals surface area contributed by atoms with Crippen molar-refractivity contribution in [2.45, 2.75) is 50.9 Å². The molecule has 1 fully saturated rings. The van der Waals surface area contributed by atoms with Crippen LogP contribution in [0.4, 0.5) is 18.9 Å². The number of nitrogens with zero attached hydrogens (tertiary/aromatic N) is 2. The number of aryl methyl sites for hydroxylation is 1. The Morgan fingerprint density at radius 3 is 2.48 bits per heavy atom. The fourth-order valence-corrected chi connectivity index (χ4v) is 4.98. The number of carbonyl (C=O) groups excluding carboxylic acids is 1. The molecule has 164 valence electrons. The highest BCUT2D eigenvalue weighted by Gasteiger charge is 2.34. The Morgan fingerprint density at radius 1 is 1.13 bits per heavy atom. The van der Waals surface area contributed by atoms with Crippen LogP contribution in [0.15, 0.2) is 42.5 Å². The van der Waals surface area contributed by atoms with Gasteiger partial charge >= 0.3 is 6.18 Å². The number of rotatable bonds is 4. The minimum Gasteiger partial charge on any atom is -0.371 e. The van der Waals surface area contributed by atoms with Crippen molar-refractivity contribution in [3.05, 3.63) is 57.9 Å². The molecular formula is C23H24F3N3OS. The molecule has 0 bridgehead atoms. The predicted molar refractivity (Wildman–Crippen MR) is 118 cm³/mol. The SMILES string of the molecule is Cc1ccc(C(=O)NC2CCC(N(C)c3cc(C(F)(F)F)nc4ccccc34)CC2)s1. The highest BCUT2D eigenvalue weighted by atomic mass is 32.1. The number of amides is 1. The first-order valence-electron chi connectivity index (χ1n) is 10.3. The molecule has 1 aliphatic carbocycles. The van der Waals surface area contributed by atoms with Gasteiger partial charge in [-0.2, -0.15) is 13.2 Å². The van der Waals surface area contributed by atoms with E-state index in [2.05, 4.69) is 10.3 Å². The summed E-state index contributed by atoms with van der Waals surface area (Å²) < 4.78 is 40.2. The number of fused-ring (bicyclic) bond motifs is 1. The summed E-state index contributed by atoms with van der Waals surface area (Å²) in [5, 5.41) is 3.81. The largest absolute Gasteiger partial charge is 0.433 e. The quantitative estimate of drug-likeness (QED) is 0.550. The number of hydrogen-bond donors (Lipinski definition) is 1. The van der Waals surface area contributed by atoms with E-state index in [-0.39, 0.29) is 18.0 Å². The van der Waals surface area contributed by atoms with E-state index in [1.165, 1.54) is 11.3 Å². The van der Waals surface area contributed by atoms with Gasteiger partial charge in [-0.05, 0) is 56.9 Å². The number of anilines is 1. The molecule has 0 saturated heterocycles. The van der Waals surface area contributed by atoms with Crippen molar-refractivity contribution in [3.8, 4) is 0 Å². The smallest absolute Gasteiger partial charge is 0.371 e. The van der Waals surface area contributed by atoms with Crippen LogP contribution in [0.2, 0.25) is 0 Å². The van der Waals surface area contributed by atoms with Gasteiger partial charge in [0.1, 0.15) is 5.69 Å². The van der Waals surface area contributed by atoms with Gasteiger partial charge in [-0.25, -0.2) is 4.98 Å². The summed E-state index contributed by atoms with van der Waals surface area (Å²) in [7, 11) is 1.85. The number of halogens is 3. The molecule has 1 aliphatic rings. The Balaban J connectivity index is 1.48. The number of alkyl halides is 3. The van der Waals surface area contributed by atoms with Crippen molar-refractivity contribution in [1.82, 2.24) is 10.3 Å². The van der Waals surface area contributed by atoms with Crippen molar-refractivity contribution in [3.63, 3.8) is 0 Å². The minimum absolute atomic E-state index is 0.0511. The highest BCUT2D eigenvalue weighted by Crippen LogP contribution is 2.36. The second-order valence-electron chi connectivity index (χ2n) is 8.04. The Morgan fingerprint density at radius 2 is 1.84 bits per heavy atom. The maximum absolute atomic E-state index is 13.4. The van der Waals surface area contributed by atoms with Gasteiger partial charge in [0.25, 0.3) is 5.91 Å². The number of pyridine rings is 1. The molecule has 0 aliphatic heterocycles. The fraction of sp³-hybridized carbons (Fsp3) is 0.391. The van der Waals surface area contributed by atoms with E-state index < -0.39 is 11.9 Å². The van der Waals surface area contributed by atoms with Gasteiger partial charge in [0, 0.05) is 35.1 Å². The topological polar surface area (TPSA) is 45.2 Å². The molecule has 1 N–H and O–H groups in total. The lowest BCUT2D eigenvalue weighted by molar-refractivity contribution is -0.140.